The number of benzene rings is 1. The van der Waals surface area contributed by atoms with Gasteiger partial charge in [-0.15, -0.1) is 0 Å². The molecule has 0 aliphatic carbocycles. The van der Waals surface area contributed by atoms with E-state index in [9.17, 15) is 0 Å². The van der Waals surface area contributed by atoms with E-state index in [4.69, 9.17) is 10.2 Å². The standard InChI is InChI=1S/C12H18BrNO2/c1-9-5-11(13)4-3-10(9)6-14-12(2,7-15)8-16/h3-5,14-16H,6-8H2,1-2H3. The maximum Gasteiger partial charge on any atom is 0.0633 e. The second-order valence-corrected chi connectivity index (χ2v) is 5.22. The number of hydrogen-bond donors (Lipinski definition) is 3. The fourth-order valence-corrected chi connectivity index (χ4v) is 1.80. The summed E-state index contributed by atoms with van der Waals surface area (Å²) < 4.78 is 1.06. The number of aliphatic hydroxyl groups excluding tert-OH is 2. The van der Waals surface area contributed by atoms with Crippen molar-refractivity contribution in [1.82, 2.24) is 5.32 Å². The molecule has 0 unspecified atom stereocenters. The highest BCUT2D eigenvalue weighted by atomic mass is 79.9. The van der Waals surface area contributed by atoms with Gasteiger partial charge in [-0.25, -0.2) is 0 Å². The van der Waals surface area contributed by atoms with Crippen molar-refractivity contribution in [2.75, 3.05) is 13.2 Å². The summed E-state index contributed by atoms with van der Waals surface area (Å²) >= 11 is 3.41. The third kappa shape index (κ3) is 3.56. The Bertz CT molecular complexity index is 351. The van der Waals surface area contributed by atoms with Crippen LogP contribution in [-0.4, -0.2) is 29.0 Å². The van der Waals surface area contributed by atoms with Crippen LogP contribution in [0.25, 0.3) is 0 Å². The highest BCUT2D eigenvalue weighted by Gasteiger charge is 2.21. The zero-order valence-corrected chi connectivity index (χ0v) is 11.2. The van der Waals surface area contributed by atoms with E-state index in [-0.39, 0.29) is 13.2 Å². The van der Waals surface area contributed by atoms with Crippen molar-refractivity contribution in [3.8, 4) is 0 Å². The van der Waals surface area contributed by atoms with Crippen LogP contribution >= 0.6 is 15.9 Å². The van der Waals surface area contributed by atoms with Gasteiger partial charge in [0.05, 0.1) is 18.8 Å². The molecule has 0 heterocycles. The van der Waals surface area contributed by atoms with Crippen LogP contribution in [0.5, 0.6) is 0 Å². The van der Waals surface area contributed by atoms with Crippen molar-refractivity contribution >= 4 is 15.9 Å². The van der Waals surface area contributed by atoms with E-state index in [2.05, 4.69) is 21.2 Å². The Morgan fingerprint density at radius 3 is 2.44 bits per heavy atom. The average Bonchev–Trinajstić information content (AvgIpc) is 2.27. The Morgan fingerprint density at radius 2 is 1.94 bits per heavy atom. The van der Waals surface area contributed by atoms with Crippen LogP contribution in [0.1, 0.15) is 18.1 Å². The SMILES string of the molecule is Cc1cc(Br)ccc1CNC(C)(CO)CO. The molecule has 0 bridgehead atoms. The normalized spacial score (nSPS) is 11.8. The zero-order chi connectivity index (χ0) is 12.2. The Hall–Kier alpha value is -0.420. The molecule has 1 rings (SSSR count). The summed E-state index contributed by atoms with van der Waals surface area (Å²) in [7, 11) is 0. The third-order valence-corrected chi connectivity index (χ3v) is 3.20. The van der Waals surface area contributed by atoms with E-state index in [0.717, 1.165) is 10.0 Å². The summed E-state index contributed by atoms with van der Waals surface area (Å²) in [5.41, 5.74) is 1.72. The third-order valence-electron chi connectivity index (χ3n) is 2.71. The lowest BCUT2D eigenvalue weighted by Crippen LogP contribution is -2.48. The highest BCUT2D eigenvalue weighted by molar-refractivity contribution is 9.10. The number of hydrogen-bond acceptors (Lipinski definition) is 3. The van der Waals surface area contributed by atoms with E-state index in [1.807, 2.05) is 25.1 Å². The predicted octanol–water partition coefficient (Wildman–Crippen LogP) is 1.59. The molecule has 0 spiro atoms. The van der Waals surface area contributed by atoms with Crippen LogP contribution in [-0.2, 0) is 6.54 Å². The van der Waals surface area contributed by atoms with Gasteiger partial charge in [0.1, 0.15) is 0 Å². The number of halogens is 1. The van der Waals surface area contributed by atoms with E-state index in [1.54, 1.807) is 6.92 Å². The van der Waals surface area contributed by atoms with Crippen LogP contribution in [0.15, 0.2) is 22.7 Å². The Labute approximate surface area is 105 Å². The largest absolute Gasteiger partial charge is 0.394 e. The zero-order valence-electron chi connectivity index (χ0n) is 9.63. The van der Waals surface area contributed by atoms with Gasteiger partial charge in [-0.3, -0.25) is 0 Å². The van der Waals surface area contributed by atoms with Gasteiger partial charge in [-0.05, 0) is 37.1 Å². The summed E-state index contributed by atoms with van der Waals surface area (Å²) in [5, 5.41) is 21.5. The molecular formula is C12H18BrNO2. The average molecular weight is 288 g/mol. The van der Waals surface area contributed by atoms with Gasteiger partial charge in [0.15, 0.2) is 0 Å². The van der Waals surface area contributed by atoms with Gasteiger partial charge >= 0.3 is 0 Å². The molecule has 0 aromatic heterocycles. The maximum absolute atomic E-state index is 9.15. The Morgan fingerprint density at radius 1 is 1.31 bits per heavy atom. The minimum absolute atomic E-state index is 0.0843. The van der Waals surface area contributed by atoms with Gasteiger partial charge in [-0.1, -0.05) is 22.0 Å². The molecule has 0 saturated heterocycles. The fourth-order valence-electron chi connectivity index (χ4n) is 1.33. The molecule has 0 atom stereocenters. The highest BCUT2D eigenvalue weighted by Crippen LogP contribution is 2.16. The van der Waals surface area contributed by atoms with Gasteiger partial charge in [0, 0.05) is 11.0 Å². The molecule has 90 valence electrons. The first-order valence-electron chi connectivity index (χ1n) is 5.22. The number of rotatable bonds is 5. The minimum atomic E-state index is -0.625. The van der Waals surface area contributed by atoms with E-state index < -0.39 is 5.54 Å². The van der Waals surface area contributed by atoms with Gasteiger partial charge in [0.2, 0.25) is 0 Å². The summed E-state index contributed by atoms with van der Waals surface area (Å²) in [4.78, 5) is 0. The second kappa shape index (κ2) is 5.77. The van der Waals surface area contributed by atoms with Crippen LogP contribution < -0.4 is 5.32 Å². The molecule has 0 radical (unpaired) electrons. The first kappa shape index (κ1) is 13.6. The summed E-state index contributed by atoms with van der Waals surface area (Å²) in [5.74, 6) is 0. The molecule has 0 amide bonds. The molecule has 0 saturated carbocycles. The van der Waals surface area contributed by atoms with Crippen molar-refractivity contribution in [2.24, 2.45) is 0 Å². The van der Waals surface area contributed by atoms with Crippen molar-refractivity contribution in [2.45, 2.75) is 25.9 Å². The Balaban J connectivity index is 2.67. The van der Waals surface area contributed by atoms with Crippen molar-refractivity contribution in [3.63, 3.8) is 0 Å². The number of aryl methyl sites for hydroxylation is 1. The fraction of sp³-hybridized carbons (Fsp3) is 0.500. The number of nitrogens with one attached hydrogen (secondary N) is 1. The topological polar surface area (TPSA) is 52.5 Å². The summed E-state index contributed by atoms with van der Waals surface area (Å²) in [6, 6.07) is 6.06. The minimum Gasteiger partial charge on any atom is -0.394 e. The molecule has 0 fully saturated rings. The van der Waals surface area contributed by atoms with Crippen LogP contribution in [0.4, 0.5) is 0 Å². The quantitative estimate of drug-likeness (QED) is 0.771. The molecular weight excluding hydrogens is 270 g/mol. The summed E-state index contributed by atoms with van der Waals surface area (Å²) in [6.07, 6.45) is 0. The number of aliphatic hydroxyl groups is 2. The lowest BCUT2D eigenvalue weighted by Gasteiger charge is -2.26. The van der Waals surface area contributed by atoms with Crippen molar-refractivity contribution in [3.05, 3.63) is 33.8 Å². The second-order valence-electron chi connectivity index (χ2n) is 4.30. The molecule has 4 heteroatoms. The molecule has 0 aliphatic heterocycles. The molecule has 16 heavy (non-hydrogen) atoms. The molecule has 3 nitrogen and oxygen atoms in total. The molecule has 1 aromatic rings. The van der Waals surface area contributed by atoms with Gasteiger partial charge in [-0.2, -0.15) is 0 Å². The maximum atomic E-state index is 9.15. The van der Waals surface area contributed by atoms with Crippen molar-refractivity contribution < 1.29 is 10.2 Å². The van der Waals surface area contributed by atoms with Crippen LogP contribution in [0.2, 0.25) is 0 Å². The molecule has 0 aliphatic rings. The van der Waals surface area contributed by atoms with Crippen LogP contribution in [0, 0.1) is 6.92 Å². The van der Waals surface area contributed by atoms with Gasteiger partial charge < -0.3 is 15.5 Å². The van der Waals surface area contributed by atoms with Crippen molar-refractivity contribution in [1.29, 1.82) is 0 Å². The van der Waals surface area contributed by atoms with E-state index >= 15 is 0 Å². The molecule has 1 aromatic carbocycles. The summed E-state index contributed by atoms with van der Waals surface area (Å²) in [6.45, 7) is 4.30. The monoisotopic (exact) mass is 287 g/mol. The first-order valence-corrected chi connectivity index (χ1v) is 6.02. The Kier molecular flexibility index (Phi) is 4.92. The smallest absolute Gasteiger partial charge is 0.0633 e. The lowest BCUT2D eigenvalue weighted by molar-refractivity contribution is 0.103. The molecule has 3 N–H and O–H groups in total. The predicted molar refractivity (Wildman–Crippen MR) is 68.3 cm³/mol. The first-order chi connectivity index (χ1) is 7.50. The van der Waals surface area contributed by atoms with Gasteiger partial charge in [0.25, 0.3) is 0 Å². The van der Waals surface area contributed by atoms with E-state index in [1.165, 1.54) is 5.56 Å². The van der Waals surface area contributed by atoms with E-state index in [0.29, 0.717) is 6.54 Å². The van der Waals surface area contributed by atoms with Crippen LogP contribution in [0.3, 0.4) is 0 Å². The lowest BCUT2D eigenvalue weighted by atomic mass is 10.0.